The van der Waals surface area contributed by atoms with E-state index in [4.69, 9.17) is 28.0 Å². The second-order valence-electron chi connectivity index (χ2n) is 8.96. The van der Waals surface area contributed by atoms with Gasteiger partial charge in [-0.25, -0.2) is 4.79 Å². The molecule has 0 heterocycles. The van der Waals surface area contributed by atoms with Crippen LogP contribution in [0.5, 0.6) is 0 Å². The summed E-state index contributed by atoms with van der Waals surface area (Å²) in [7, 11) is 0. The molecule has 0 spiro atoms. The van der Waals surface area contributed by atoms with Gasteiger partial charge in [0.05, 0.1) is 6.04 Å². The van der Waals surface area contributed by atoms with Gasteiger partial charge in [0.25, 0.3) is 0 Å². The zero-order valence-electron chi connectivity index (χ0n) is 21.4. The van der Waals surface area contributed by atoms with E-state index in [-0.39, 0.29) is 31.8 Å². The number of carboxylic acid groups (broad SMARTS) is 2. The Balaban J connectivity index is 5.42. The highest BCUT2D eigenvalue weighted by Gasteiger charge is 2.31. The Kier molecular flexibility index (Phi) is 16.2. The summed E-state index contributed by atoms with van der Waals surface area (Å²) >= 11 is 0. The predicted molar refractivity (Wildman–Crippen MR) is 136 cm³/mol. The summed E-state index contributed by atoms with van der Waals surface area (Å²) in [6.45, 7) is 3.96. The molecule has 0 saturated carbocycles. The molecule has 15 nitrogen and oxygen atoms in total. The smallest absolute Gasteiger partial charge is 0.326 e. The topological polar surface area (TPSA) is 278 Å². The normalized spacial score (nSPS) is 14.1. The minimum Gasteiger partial charge on any atom is -0.481 e. The number of aliphatic imine (C=N–C) groups is 1. The van der Waals surface area contributed by atoms with Gasteiger partial charge in [-0.2, -0.15) is 0 Å². The molecule has 0 aliphatic rings. The molecule has 0 radical (unpaired) electrons. The van der Waals surface area contributed by atoms with Gasteiger partial charge in [0.2, 0.25) is 17.7 Å². The van der Waals surface area contributed by atoms with Crippen molar-refractivity contribution in [1.82, 2.24) is 16.0 Å². The largest absolute Gasteiger partial charge is 0.481 e. The van der Waals surface area contributed by atoms with Crippen LogP contribution in [0.25, 0.3) is 0 Å². The van der Waals surface area contributed by atoms with Crippen molar-refractivity contribution in [2.24, 2.45) is 33.8 Å². The fraction of sp³-hybridized carbons (Fsp3) is 0.727. The lowest BCUT2D eigenvalue weighted by Crippen LogP contribution is -2.58. The fourth-order valence-corrected chi connectivity index (χ4v) is 3.27. The first-order chi connectivity index (χ1) is 17.3. The van der Waals surface area contributed by atoms with Gasteiger partial charge in [0.15, 0.2) is 5.96 Å². The molecule has 0 aromatic heterocycles. The summed E-state index contributed by atoms with van der Waals surface area (Å²) in [5, 5.41) is 25.8. The Morgan fingerprint density at radius 2 is 1.43 bits per heavy atom. The van der Waals surface area contributed by atoms with Crippen molar-refractivity contribution < 1.29 is 34.2 Å². The number of hydrogen-bond acceptors (Lipinski definition) is 8. The van der Waals surface area contributed by atoms with Crippen LogP contribution < -0.4 is 38.9 Å². The number of nitrogens with two attached hydrogens (primary N) is 4. The minimum atomic E-state index is -1.36. The number of aliphatic carboxylic acids is 2. The Labute approximate surface area is 216 Å². The van der Waals surface area contributed by atoms with Crippen LogP contribution in [-0.2, 0) is 24.0 Å². The first-order valence-corrected chi connectivity index (χ1v) is 12.2. The van der Waals surface area contributed by atoms with Gasteiger partial charge in [-0.15, -0.1) is 0 Å². The molecule has 4 atom stereocenters. The van der Waals surface area contributed by atoms with Crippen LogP contribution in [0.3, 0.4) is 0 Å². The van der Waals surface area contributed by atoms with Crippen molar-refractivity contribution in [2.45, 2.75) is 83.0 Å². The predicted octanol–water partition coefficient (Wildman–Crippen LogP) is -2.44. The molecule has 0 aliphatic heterocycles. The van der Waals surface area contributed by atoms with E-state index >= 15 is 0 Å². The molecule has 15 heteroatoms. The van der Waals surface area contributed by atoms with Crippen molar-refractivity contribution in [3.63, 3.8) is 0 Å². The highest BCUT2D eigenvalue weighted by atomic mass is 16.4. The maximum absolute atomic E-state index is 13.0. The highest BCUT2D eigenvalue weighted by Crippen LogP contribution is 2.08. The minimum absolute atomic E-state index is 0.00975. The Hall–Kier alpha value is -3.46. The van der Waals surface area contributed by atoms with Crippen LogP contribution in [-0.4, -0.2) is 83.1 Å². The van der Waals surface area contributed by atoms with E-state index in [1.54, 1.807) is 13.8 Å². The molecule has 0 aliphatic carbocycles. The van der Waals surface area contributed by atoms with Crippen LogP contribution in [0.2, 0.25) is 0 Å². The number of unbranched alkanes of at least 4 members (excludes halogenated alkanes) is 1. The Bertz CT molecular complexity index is 802. The number of carboxylic acids is 2. The number of hydrogen-bond donors (Lipinski definition) is 9. The number of nitrogens with one attached hydrogen (secondary N) is 3. The molecule has 0 bridgehead atoms. The number of guanidine groups is 1. The lowest BCUT2D eigenvalue weighted by molar-refractivity contribution is -0.143. The van der Waals surface area contributed by atoms with Crippen LogP contribution in [0.1, 0.15) is 58.8 Å². The lowest BCUT2D eigenvalue weighted by atomic mass is 10.0. The quantitative estimate of drug-likeness (QED) is 0.0480. The lowest BCUT2D eigenvalue weighted by Gasteiger charge is -2.27. The summed E-state index contributed by atoms with van der Waals surface area (Å²) < 4.78 is 0. The monoisotopic (exact) mass is 530 g/mol. The number of carbonyl (C=O) groups excluding carboxylic acids is 3. The number of rotatable bonds is 19. The van der Waals surface area contributed by atoms with Crippen molar-refractivity contribution >= 4 is 35.6 Å². The molecule has 212 valence electrons. The average Bonchev–Trinajstić information content (AvgIpc) is 2.80. The SMILES string of the molecule is CC(C)C(NC(=O)C(N)CCCCN)C(=O)NC(CCC(=O)O)C(=O)NC(CCCN=C(N)N)C(=O)O. The third kappa shape index (κ3) is 14.6. The van der Waals surface area contributed by atoms with E-state index in [9.17, 15) is 29.1 Å². The van der Waals surface area contributed by atoms with Crippen LogP contribution in [0.15, 0.2) is 4.99 Å². The average molecular weight is 531 g/mol. The van der Waals surface area contributed by atoms with Gasteiger partial charge in [-0.05, 0) is 44.6 Å². The first-order valence-electron chi connectivity index (χ1n) is 12.2. The van der Waals surface area contributed by atoms with E-state index in [0.29, 0.717) is 25.8 Å². The molecule has 0 saturated heterocycles. The Morgan fingerprint density at radius 1 is 0.811 bits per heavy atom. The molecule has 4 unspecified atom stereocenters. The van der Waals surface area contributed by atoms with E-state index in [2.05, 4.69) is 20.9 Å². The highest BCUT2D eigenvalue weighted by molar-refractivity contribution is 5.94. The number of nitrogens with zero attached hydrogens (tertiary/aromatic N) is 1. The van der Waals surface area contributed by atoms with Gasteiger partial charge in [-0.3, -0.25) is 24.2 Å². The van der Waals surface area contributed by atoms with Gasteiger partial charge < -0.3 is 49.1 Å². The molecule has 13 N–H and O–H groups in total. The third-order valence-corrected chi connectivity index (χ3v) is 5.39. The molecule has 0 rings (SSSR count). The molecular weight excluding hydrogens is 488 g/mol. The van der Waals surface area contributed by atoms with Crippen LogP contribution in [0.4, 0.5) is 0 Å². The third-order valence-electron chi connectivity index (χ3n) is 5.39. The molecule has 0 aromatic rings. The number of carbonyl (C=O) groups is 5. The Morgan fingerprint density at radius 3 is 1.95 bits per heavy atom. The molecular formula is C22H42N8O7. The number of amides is 3. The van der Waals surface area contributed by atoms with Gasteiger partial charge in [0.1, 0.15) is 18.1 Å². The van der Waals surface area contributed by atoms with Crippen molar-refractivity contribution in [1.29, 1.82) is 0 Å². The van der Waals surface area contributed by atoms with Gasteiger partial charge >= 0.3 is 11.9 Å². The van der Waals surface area contributed by atoms with Crippen LogP contribution >= 0.6 is 0 Å². The standard InChI is InChI=1S/C22H42N8O7/c1-12(2)17(30-18(33)13(24)6-3-4-10-23)20(35)28-14(8-9-16(31)32)19(34)29-15(21(36)37)7-5-11-27-22(25)26/h12-15,17H,3-11,23-24H2,1-2H3,(H,28,35)(H,29,34)(H,30,33)(H,31,32)(H,36,37)(H4,25,26,27). The summed E-state index contributed by atoms with van der Waals surface area (Å²) in [5.74, 6) is -5.25. The maximum Gasteiger partial charge on any atom is 0.326 e. The molecule has 3 amide bonds. The van der Waals surface area contributed by atoms with Crippen molar-refractivity contribution in [3.05, 3.63) is 0 Å². The molecule has 0 fully saturated rings. The van der Waals surface area contributed by atoms with Crippen molar-refractivity contribution in [3.8, 4) is 0 Å². The van der Waals surface area contributed by atoms with E-state index in [0.717, 1.165) is 0 Å². The second kappa shape index (κ2) is 17.9. The maximum atomic E-state index is 13.0. The molecule has 0 aromatic carbocycles. The van der Waals surface area contributed by atoms with E-state index < -0.39 is 66.2 Å². The molecule has 37 heavy (non-hydrogen) atoms. The summed E-state index contributed by atoms with van der Waals surface area (Å²) in [4.78, 5) is 64.8. The van der Waals surface area contributed by atoms with E-state index in [1.165, 1.54) is 0 Å². The summed E-state index contributed by atoms with van der Waals surface area (Å²) in [5.41, 5.74) is 21.8. The fourth-order valence-electron chi connectivity index (χ4n) is 3.27. The zero-order chi connectivity index (χ0) is 28.5. The summed E-state index contributed by atoms with van der Waals surface area (Å²) in [6, 6.07) is -4.61. The van der Waals surface area contributed by atoms with Crippen molar-refractivity contribution in [2.75, 3.05) is 13.1 Å². The summed E-state index contributed by atoms with van der Waals surface area (Å²) in [6.07, 6.45) is 1.17. The van der Waals surface area contributed by atoms with Gasteiger partial charge in [0, 0.05) is 13.0 Å². The van der Waals surface area contributed by atoms with E-state index in [1.807, 2.05) is 0 Å². The second-order valence-corrected chi connectivity index (χ2v) is 8.96. The zero-order valence-corrected chi connectivity index (χ0v) is 21.4. The first kappa shape index (κ1) is 33.5. The van der Waals surface area contributed by atoms with Crippen LogP contribution in [0, 0.1) is 5.92 Å². The van der Waals surface area contributed by atoms with Gasteiger partial charge in [-0.1, -0.05) is 20.3 Å².